The van der Waals surface area contributed by atoms with E-state index in [1.54, 1.807) is 30.3 Å². The molecule has 6 nitrogen and oxygen atoms in total. The zero-order valence-electron chi connectivity index (χ0n) is 17.0. The summed E-state index contributed by atoms with van der Waals surface area (Å²) in [6, 6.07) is 18.4. The number of furan rings is 1. The summed E-state index contributed by atoms with van der Waals surface area (Å²) in [5.74, 6) is 1.68. The van der Waals surface area contributed by atoms with E-state index in [9.17, 15) is 10.1 Å². The quantitative estimate of drug-likeness (QED) is 0.348. The van der Waals surface area contributed by atoms with E-state index in [1.807, 2.05) is 38.1 Å². The van der Waals surface area contributed by atoms with Crippen LogP contribution >= 0.6 is 15.9 Å². The van der Waals surface area contributed by atoms with Crippen molar-refractivity contribution >= 4 is 33.0 Å². The van der Waals surface area contributed by atoms with E-state index in [4.69, 9.17) is 9.40 Å². The van der Waals surface area contributed by atoms with E-state index >= 15 is 0 Å². The molecule has 0 radical (unpaired) electrons. The van der Waals surface area contributed by atoms with Gasteiger partial charge in [-0.05, 0) is 48.9 Å². The summed E-state index contributed by atoms with van der Waals surface area (Å²) < 4.78 is 8.01. The molecule has 4 aromatic rings. The highest BCUT2D eigenvalue weighted by molar-refractivity contribution is 9.10. The second-order valence-corrected chi connectivity index (χ2v) is 8.08. The molecule has 0 saturated carbocycles. The molecule has 0 unspecified atom stereocenters. The average molecular weight is 475 g/mol. The Bertz CT molecular complexity index is 1390. The Balaban J connectivity index is 1.78. The normalized spacial score (nSPS) is 12.3. The summed E-state index contributed by atoms with van der Waals surface area (Å²) in [5, 5.41) is 14.2. The zero-order chi connectivity index (χ0) is 22.0. The monoisotopic (exact) mass is 474 g/mol. The standard InChI is InChI=1S/C24H19BrN4O2/c1-3-15(2)23-28-21-10-8-17(25)12-20(21)24(30)29(23)27-14-18-9-11-22(31-18)19-7-5-4-6-16(19)13-26/h4-12,14-15H,3H2,1-2H3/t15-/m1/s1. The number of aromatic nitrogens is 2. The van der Waals surface area contributed by atoms with E-state index < -0.39 is 0 Å². The molecule has 7 heteroatoms. The number of benzene rings is 2. The van der Waals surface area contributed by atoms with Crippen LogP contribution in [0.15, 0.2) is 73.4 Å². The molecule has 0 spiro atoms. The lowest BCUT2D eigenvalue weighted by molar-refractivity contribution is 0.571. The molecule has 0 aliphatic carbocycles. The van der Waals surface area contributed by atoms with Crippen LogP contribution in [0.1, 0.15) is 43.3 Å². The third-order valence-electron chi connectivity index (χ3n) is 5.13. The first kappa shape index (κ1) is 20.8. The first-order valence-electron chi connectivity index (χ1n) is 9.87. The fourth-order valence-corrected chi connectivity index (χ4v) is 3.62. The third-order valence-corrected chi connectivity index (χ3v) is 5.62. The molecular weight excluding hydrogens is 456 g/mol. The topological polar surface area (TPSA) is 84.2 Å². The highest BCUT2D eigenvalue weighted by atomic mass is 79.9. The summed E-state index contributed by atoms with van der Waals surface area (Å²) in [4.78, 5) is 17.9. The fourth-order valence-electron chi connectivity index (χ4n) is 3.26. The summed E-state index contributed by atoms with van der Waals surface area (Å²) in [6.07, 6.45) is 2.32. The van der Waals surface area contributed by atoms with Crippen molar-refractivity contribution in [1.82, 2.24) is 9.66 Å². The molecule has 31 heavy (non-hydrogen) atoms. The lowest BCUT2D eigenvalue weighted by Gasteiger charge is -2.13. The molecule has 0 aliphatic rings. The van der Waals surface area contributed by atoms with Crippen molar-refractivity contribution in [2.45, 2.75) is 26.2 Å². The van der Waals surface area contributed by atoms with Crippen LogP contribution in [-0.2, 0) is 0 Å². The SMILES string of the molecule is CC[C@@H](C)c1nc2ccc(Br)cc2c(=O)n1N=Cc1ccc(-c2ccccc2C#N)o1. The van der Waals surface area contributed by atoms with Gasteiger partial charge in [-0.25, -0.2) is 4.98 Å². The highest BCUT2D eigenvalue weighted by Gasteiger charge is 2.16. The van der Waals surface area contributed by atoms with E-state index in [1.165, 1.54) is 10.9 Å². The van der Waals surface area contributed by atoms with Crippen LogP contribution in [0.3, 0.4) is 0 Å². The van der Waals surface area contributed by atoms with Gasteiger partial charge in [0.2, 0.25) is 0 Å². The molecule has 154 valence electrons. The minimum Gasteiger partial charge on any atom is -0.455 e. The van der Waals surface area contributed by atoms with E-state index in [-0.39, 0.29) is 11.5 Å². The van der Waals surface area contributed by atoms with Gasteiger partial charge in [0.1, 0.15) is 17.3 Å². The number of fused-ring (bicyclic) bond motifs is 1. The van der Waals surface area contributed by atoms with Crippen LogP contribution in [-0.4, -0.2) is 15.9 Å². The Morgan fingerprint density at radius 3 is 2.84 bits per heavy atom. The molecular formula is C24H19BrN4O2. The molecule has 0 aliphatic heterocycles. The Kier molecular flexibility index (Phi) is 5.83. The van der Waals surface area contributed by atoms with Crippen molar-refractivity contribution in [1.29, 1.82) is 5.26 Å². The predicted octanol–water partition coefficient (Wildman–Crippen LogP) is 5.69. The zero-order valence-corrected chi connectivity index (χ0v) is 18.6. The number of hydrogen-bond acceptors (Lipinski definition) is 5. The smallest absolute Gasteiger partial charge is 0.282 e. The molecule has 1 atom stereocenters. The van der Waals surface area contributed by atoms with Crippen molar-refractivity contribution in [2.24, 2.45) is 5.10 Å². The molecule has 0 bridgehead atoms. The molecule has 2 aromatic carbocycles. The Hall–Kier alpha value is -3.50. The van der Waals surface area contributed by atoms with Crippen molar-refractivity contribution in [3.63, 3.8) is 0 Å². The maximum absolute atomic E-state index is 13.2. The van der Waals surface area contributed by atoms with Gasteiger partial charge in [-0.3, -0.25) is 4.79 Å². The summed E-state index contributed by atoms with van der Waals surface area (Å²) in [6.45, 7) is 4.06. The van der Waals surface area contributed by atoms with Crippen molar-refractivity contribution in [2.75, 3.05) is 0 Å². The number of nitriles is 1. The fraction of sp³-hybridized carbons (Fsp3) is 0.167. The van der Waals surface area contributed by atoms with Gasteiger partial charge >= 0.3 is 0 Å². The molecule has 0 N–H and O–H groups in total. The maximum atomic E-state index is 13.2. The van der Waals surface area contributed by atoms with Gasteiger partial charge in [-0.2, -0.15) is 15.0 Å². The molecule has 4 rings (SSSR count). The lowest BCUT2D eigenvalue weighted by Crippen LogP contribution is -2.23. The molecule has 0 amide bonds. The van der Waals surface area contributed by atoms with Crippen LogP contribution in [0.2, 0.25) is 0 Å². The van der Waals surface area contributed by atoms with E-state index in [0.717, 1.165) is 10.9 Å². The second-order valence-electron chi connectivity index (χ2n) is 7.16. The third kappa shape index (κ3) is 4.07. The van der Waals surface area contributed by atoms with Crippen LogP contribution in [0.5, 0.6) is 0 Å². The minimum atomic E-state index is -0.237. The first-order valence-corrected chi connectivity index (χ1v) is 10.7. The van der Waals surface area contributed by atoms with Crippen LogP contribution < -0.4 is 5.56 Å². The van der Waals surface area contributed by atoms with E-state index in [2.05, 4.69) is 27.1 Å². The highest BCUT2D eigenvalue weighted by Crippen LogP contribution is 2.25. The van der Waals surface area contributed by atoms with Crippen molar-refractivity contribution in [3.8, 4) is 17.4 Å². The number of rotatable bonds is 5. The number of nitrogens with zero attached hydrogens (tertiary/aromatic N) is 4. The number of halogens is 1. The lowest BCUT2D eigenvalue weighted by atomic mass is 10.1. The Morgan fingerprint density at radius 2 is 2.06 bits per heavy atom. The minimum absolute atomic E-state index is 0.0487. The summed E-state index contributed by atoms with van der Waals surface area (Å²) in [5.41, 5.74) is 1.64. The summed E-state index contributed by atoms with van der Waals surface area (Å²) in [7, 11) is 0. The predicted molar refractivity (Wildman–Crippen MR) is 124 cm³/mol. The first-order chi connectivity index (χ1) is 15.0. The number of hydrogen-bond donors (Lipinski definition) is 0. The van der Waals surface area contributed by atoms with Gasteiger partial charge in [0.25, 0.3) is 5.56 Å². The maximum Gasteiger partial charge on any atom is 0.282 e. The Morgan fingerprint density at radius 1 is 1.26 bits per heavy atom. The van der Waals surface area contributed by atoms with Crippen LogP contribution in [0, 0.1) is 11.3 Å². The molecule has 0 saturated heterocycles. The van der Waals surface area contributed by atoms with Gasteiger partial charge in [0.05, 0.1) is 28.8 Å². The second kappa shape index (κ2) is 8.70. The largest absolute Gasteiger partial charge is 0.455 e. The molecule has 2 aromatic heterocycles. The van der Waals surface area contributed by atoms with Gasteiger partial charge in [-0.1, -0.05) is 41.9 Å². The van der Waals surface area contributed by atoms with Gasteiger partial charge in [0.15, 0.2) is 0 Å². The molecule has 0 fully saturated rings. The van der Waals surface area contributed by atoms with Crippen LogP contribution in [0.25, 0.3) is 22.2 Å². The van der Waals surface area contributed by atoms with Gasteiger partial charge in [-0.15, -0.1) is 0 Å². The Labute approximate surface area is 187 Å². The van der Waals surface area contributed by atoms with Gasteiger partial charge < -0.3 is 4.42 Å². The van der Waals surface area contributed by atoms with Crippen LogP contribution in [0.4, 0.5) is 0 Å². The van der Waals surface area contributed by atoms with Crippen molar-refractivity contribution in [3.05, 3.63) is 86.6 Å². The summed E-state index contributed by atoms with van der Waals surface area (Å²) >= 11 is 3.41. The van der Waals surface area contributed by atoms with Gasteiger partial charge in [0, 0.05) is 16.0 Å². The van der Waals surface area contributed by atoms with E-state index in [0.29, 0.717) is 39.4 Å². The van der Waals surface area contributed by atoms with Crippen molar-refractivity contribution < 1.29 is 4.42 Å². The molecule has 2 heterocycles. The average Bonchev–Trinajstić information content (AvgIpc) is 3.27.